The molecule has 0 spiro atoms. The van der Waals surface area contributed by atoms with Crippen LogP contribution in [0.15, 0.2) is 21.7 Å². The maximum absolute atomic E-state index is 10.8. The van der Waals surface area contributed by atoms with Gasteiger partial charge in [0.05, 0.1) is 12.0 Å². The van der Waals surface area contributed by atoms with Gasteiger partial charge in [-0.2, -0.15) is 11.3 Å². The summed E-state index contributed by atoms with van der Waals surface area (Å²) < 4.78 is 15.3. The van der Waals surface area contributed by atoms with E-state index in [1.807, 2.05) is 5.38 Å². The Bertz CT molecular complexity index is 193. The van der Waals surface area contributed by atoms with Crippen molar-refractivity contribution in [2.45, 2.75) is 4.90 Å². The van der Waals surface area contributed by atoms with Crippen LogP contribution >= 0.6 is 11.3 Å². The summed E-state index contributed by atoms with van der Waals surface area (Å²) in [5.74, 6) is 0. The summed E-state index contributed by atoms with van der Waals surface area (Å²) in [6, 6.07) is 1.78. The van der Waals surface area contributed by atoms with E-state index in [1.165, 1.54) is 18.4 Å². The number of rotatable bonds is 2. The highest BCUT2D eigenvalue weighted by atomic mass is 32.2. The number of hydrogen-bond donors (Lipinski definition) is 0. The molecule has 0 aliphatic rings. The highest BCUT2D eigenvalue weighted by molar-refractivity contribution is 7.80. The Morgan fingerprint density at radius 1 is 1.78 bits per heavy atom. The maximum Gasteiger partial charge on any atom is 0.189 e. The summed E-state index contributed by atoms with van der Waals surface area (Å²) in [7, 11) is 1.42. The van der Waals surface area contributed by atoms with Crippen molar-refractivity contribution in [1.29, 1.82) is 0 Å². The van der Waals surface area contributed by atoms with E-state index >= 15 is 0 Å². The summed E-state index contributed by atoms with van der Waals surface area (Å²) in [4.78, 5) is 0.738. The Morgan fingerprint density at radius 2 is 2.56 bits per heavy atom. The van der Waals surface area contributed by atoms with Crippen LogP contribution in [-0.2, 0) is 15.3 Å². The lowest BCUT2D eigenvalue weighted by atomic mass is 10.7. The van der Waals surface area contributed by atoms with Gasteiger partial charge in [-0.15, -0.1) is 0 Å². The average molecular weight is 162 g/mol. The minimum Gasteiger partial charge on any atom is -0.290 e. The van der Waals surface area contributed by atoms with E-state index in [2.05, 4.69) is 4.18 Å². The molecule has 0 saturated carbocycles. The number of thiophene rings is 1. The van der Waals surface area contributed by atoms with Gasteiger partial charge in [0.1, 0.15) is 0 Å². The predicted molar refractivity (Wildman–Crippen MR) is 37.7 cm³/mol. The Balaban J connectivity index is 2.77. The van der Waals surface area contributed by atoms with Gasteiger partial charge in [0.25, 0.3) is 0 Å². The molecule has 0 fully saturated rings. The van der Waals surface area contributed by atoms with Crippen LogP contribution in [0.1, 0.15) is 0 Å². The highest BCUT2D eigenvalue weighted by Crippen LogP contribution is 2.10. The topological polar surface area (TPSA) is 26.3 Å². The van der Waals surface area contributed by atoms with Crippen molar-refractivity contribution >= 4 is 22.4 Å². The largest absolute Gasteiger partial charge is 0.290 e. The fourth-order valence-corrected chi connectivity index (χ4v) is 1.90. The standard InChI is InChI=1S/C5H6O2S2/c1-7-9(6)5-2-3-8-4-5/h2-4H,1H3. The van der Waals surface area contributed by atoms with Gasteiger partial charge in [-0.25, -0.2) is 4.21 Å². The van der Waals surface area contributed by atoms with Gasteiger partial charge in [-0.1, -0.05) is 0 Å². The van der Waals surface area contributed by atoms with Gasteiger partial charge < -0.3 is 0 Å². The molecular weight excluding hydrogens is 156 g/mol. The molecule has 1 unspecified atom stereocenters. The van der Waals surface area contributed by atoms with Crippen molar-refractivity contribution in [1.82, 2.24) is 0 Å². The zero-order chi connectivity index (χ0) is 6.69. The first kappa shape index (κ1) is 6.92. The molecule has 0 amide bonds. The van der Waals surface area contributed by atoms with Crippen LogP contribution in [0.3, 0.4) is 0 Å². The van der Waals surface area contributed by atoms with Crippen molar-refractivity contribution < 1.29 is 8.39 Å². The monoisotopic (exact) mass is 162 g/mol. The first-order valence-electron chi connectivity index (χ1n) is 2.33. The van der Waals surface area contributed by atoms with E-state index in [1.54, 1.807) is 11.4 Å². The highest BCUT2D eigenvalue weighted by Gasteiger charge is 1.99. The van der Waals surface area contributed by atoms with Crippen molar-refractivity contribution in [2.75, 3.05) is 7.11 Å². The average Bonchev–Trinajstić information content (AvgIpc) is 2.37. The minimum absolute atomic E-state index is 0.738. The first-order valence-corrected chi connectivity index (χ1v) is 4.35. The van der Waals surface area contributed by atoms with Crippen LogP contribution in [0, 0.1) is 0 Å². The molecular formula is C5H6O2S2. The summed E-state index contributed by atoms with van der Waals surface area (Å²) in [5, 5.41) is 3.67. The quantitative estimate of drug-likeness (QED) is 0.657. The van der Waals surface area contributed by atoms with Crippen LogP contribution < -0.4 is 0 Å². The van der Waals surface area contributed by atoms with Crippen molar-refractivity contribution in [3.8, 4) is 0 Å². The number of hydrogen-bond acceptors (Lipinski definition) is 3. The van der Waals surface area contributed by atoms with Gasteiger partial charge in [-0.05, 0) is 11.4 Å². The van der Waals surface area contributed by atoms with Crippen molar-refractivity contribution in [3.63, 3.8) is 0 Å². The SMILES string of the molecule is COS(=O)c1ccsc1. The second-order valence-electron chi connectivity index (χ2n) is 1.36. The normalized spacial score (nSPS) is 13.4. The van der Waals surface area contributed by atoms with Crippen LogP contribution in [0.2, 0.25) is 0 Å². The molecule has 1 rings (SSSR count). The minimum atomic E-state index is -1.25. The molecule has 0 saturated heterocycles. The summed E-state index contributed by atoms with van der Waals surface area (Å²) in [6.45, 7) is 0. The Hall–Kier alpha value is -0.190. The smallest absolute Gasteiger partial charge is 0.189 e. The molecule has 1 aromatic heterocycles. The third-order valence-corrected chi connectivity index (χ3v) is 2.61. The second kappa shape index (κ2) is 3.10. The van der Waals surface area contributed by atoms with Gasteiger partial charge in [-0.3, -0.25) is 4.18 Å². The lowest BCUT2D eigenvalue weighted by molar-refractivity contribution is 0.446. The molecule has 0 aliphatic carbocycles. The van der Waals surface area contributed by atoms with E-state index in [0.717, 1.165) is 4.90 Å². The zero-order valence-electron chi connectivity index (χ0n) is 4.87. The predicted octanol–water partition coefficient (Wildman–Crippen LogP) is 1.42. The van der Waals surface area contributed by atoms with Gasteiger partial charge in [0.15, 0.2) is 11.1 Å². The molecule has 0 radical (unpaired) electrons. The lowest BCUT2D eigenvalue weighted by Crippen LogP contribution is -1.88. The van der Waals surface area contributed by atoms with Crippen molar-refractivity contribution in [2.24, 2.45) is 0 Å². The molecule has 9 heavy (non-hydrogen) atoms. The first-order chi connectivity index (χ1) is 4.34. The van der Waals surface area contributed by atoms with E-state index < -0.39 is 11.1 Å². The molecule has 50 valence electrons. The third-order valence-electron chi connectivity index (χ3n) is 0.839. The summed E-state index contributed by atoms with van der Waals surface area (Å²) in [6.07, 6.45) is 0. The Labute approximate surface area is 60.1 Å². The molecule has 0 aliphatic heterocycles. The van der Waals surface area contributed by atoms with E-state index in [0.29, 0.717) is 0 Å². The Kier molecular flexibility index (Phi) is 2.38. The van der Waals surface area contributed by atoms with Gasteiger partial charge >= 0.3 is 0 Å². The molecule has 0 N–H and O–H groups in total. The molecule has 0 aromatic carbocycles. The Morgan fingerprint density at radius 3 is 3.00 bits per heavy atom. The van der Waals surface area contributed by atoms with Crippen LogP contribution in [0.4, 0.5) is 0 Å². The second-order valence-corrected chi connectivity index (χ2v) is 3.41. The third kappa shape index (κ3) is 1.61. The van der Waals surface area contributed by atoms with Gasteiger partial charge in [0.2, 0.25) is 0 Å². The van der Waals surface area contributed by atoms with Crippen LogP contribution in [-0.4, -0.2) is 11.3 Å². The summed E-state index contributed by atoms with van der Waals surface area (Å²) in [5.41, 5.74) is 0. The van der Waals surface area contributed by atoms with Crippen molar-refractivity contribution in [3.05, 3.63) is 16.8 Å². The molecule has 2 nitrogen and oxygen atoms in total. The molecule has 1 aromatic rings. The van der Waals surface area contributed by atoms with Crippen LogP contribution in [0.25, 0.3) is 0 Å². The molecule has 1 heterocycles. The zero-order valence-corrected chi connectivity index (χ0v) is 6.50. The lowest BCUT2D eigenvalue weighted by Gasteiger charge is -1.89. The maximum atomic E-state index is 10.8. The summed E-state index contributed by atoms with van der Waals surface area (Å²) >= 11 is 0.261. The molecule has 1 atom stereocenters. The molecule has 4 heteroatoms. The van der Waals surface area contributed by atoms with E-state index in [4.69, 9.17) is 0 Å². The molecule has 0 bridgehead atoms. The fourth-order valence-electron chi connectivity index (χ4n) is 0.443. The fraction of sp³-hybridized carbons (Fsp3) is 0.200. The van der Waals surface area contributed by atoms with E-state index in [9.17, 15) is 4.21 Å². The van der Waals surface area contributed by atoms with E-state index in [-0.39, 0.29) is 0 Å². The van der Waals surface area contributed by atoms with Gasteiger partial charge in [0, 0.05) is 5.38 Å². The van der Waals surface area contributed by atoms with Crippen LogP contribution in [0.5, 0.6) is 0 Å².